The number of hydrogen-bond acceptors (Lipinski definition) is 2. The quantitative estimate of drug-likeness (QED) is 0.672. The molecule has 0 radical (unpaired) electrons. The molecule has 0 saturated carbocycles. The van der Waals surface area contributed by atoms with Crippen LogP contribution in [-0.4, -0.2) is 54.2 Å². The minimum atomic E-state index is -0.468. The summed E-state index contributed by atoms with van der Waals surface area (Å²) in [4.78, 5) is 14.5. The first-order valence-electron chi connectivity index (χ1n) is 4.13. The first kappa shape index (κ1) is 11.2. The molecule has 12 heavy (non-hydrogen) atoms. The zero-order chi connectivity index (χ0) is 9.72. The molecule has 1 N–H and O–H groups in total. The van der Waals surface area contributed by atoms with Gasteiger partial charge in [0.05, 0.1) is 6.10 Å². The average Bonchev–Trinajstić information content (AvgIpc) is 2.00. The van der Waals surface area contributed by atoms with Crippen molar-refractivity contribution in [3.63, 3.8) is 0 Å². The first-order chi connectivity index (χ1) is 5.49. The van der Waals surface area contributed by atoms with E-state index in [4.69, 9.17) is 5.11 Å². The van der Waals surface area contributed by atoms with Crippen LogP contribution in [0.4, 0.5) is 4.79 Å². The average molecular weight is 174 g/mol. The van der Waals surface area contributed by atoms with Gasteiger partial charge >= 0.3 is 6.03 Å². The Hall–Kier alpha value is -0.770. The third-order valence-electron chi connectivity index (χ3n) is 1.67. The zero-order valence-corrected chi connectivity index (χ0v) is 8.24. The monoisotopic (exact) mass is 174 g/mol. The van der Waals surface area contributed by atoms with Gasteiger partial charge in [0.25, 0.3) is 0 Å². The topological polar surface area (TPSA) is 43.8 Å². The van der Waals surface area contributed by atoms with Crippen molar-refractivity contribution in [1.29, 1.82) is 0 Å². The van der Waals surface area contributed by atoms with Crippen LogP contribution < -0.4 is 0 Å². The van der Waals surface area contributed by atoms with Gasteiger partial charge in [-0.3, -0.25) is 0 Å². The van der Waals surface area contributed by atoms with Crippen LogP contribution in [-0.2, 0) is 0 Å². The second-order valence-electron chi connectivity index (χ2n) is 3.03. The lowest BCUT2D eigenvalue weighted by Gasteiger charge is -2.24. The second-order valence-corrected chi connectivity index (χ2v) is 3.03. The molecular formula is C8H18N2O2. The summed E-state index contributed by atoms with van der Waals surface area (Å²) >= 11 is 0. The number of hydrogen-bond donors (Lipinski definition) is 1. The Labute approximate surface area is 73.8 Å². The van der Waals surface area contributed by atoms with Crippen molar-refractivity contribution in [2.75, 3.05) is 27.2 Å². The molecule has 1 atom stereocenters. The van der Waals surface area contributed by atoms with E-state index in [0.29, 0.717) is 13.1 Å². The number of rotatable bonds is 3. The lowest BCUT2D eigenvalue weighted by Crippen LogP contribution is -2.41. The number of urea groups is 1. The van der Waals surface area contributed by atoms with E-state index in [2.05, 4.69) is 0 Å². The van der Waals surface area contributed by atoms with Crippen LogP contribution >= 0.6 is 0 Å². The lowest BCUT2D eigenvalue weighted by molar-refractivity contribution is 0.129. The van der Waals surface area contributed by atoms with Gasteiger partial charge < -0.3 is 14.9 Å². The van der Waals surface area contributed by atoms with Crippen LogP contribution in [0.2, 0.25) is 0 Å². The van der Waals surface area contributed by atoms with Gasteiger partial charge in [0.2, 0.25) is 0 Å². The van der Waals surface area contributed by atoms with Gasteiger partial charge in [-0.2, -0.15) is 0 Å². The summed E-state index contributed by atoms with van der Waals surface area (Å²) in [7, 11) is 3.42. The molecule has 0 rings (SSSR count). The van der Waals surface area contributed by atoms with E-state index < -0.39 is 6.10 Å². The highest BCUT2D eigenvalue weighted by atomic mass is 16.3. The number of carbonyl (C=O) groups is 1. The Morgan fingerprint density at radius 3 is 2.25 bits per heavy atom. The molecular weight excluding hydrogens is 156 g/mol. The number of amides is 2. The molecule has 0 aromatic heterocycles. The maximum Gasteiger partial charge on any atom is 0.319 e. The number of aliphatic hydroxyl groups excluding tert-OH is 1. The van der Waals surface area contributed by atoms with Gasteiger partial charge in [-0.15, -0.1) is 0 Å². The predicted octanol–water partition coefficient (Wildman–Crippen LogP) is 0.371. The fourth-order valence-electron chi connectivity index (χ4n) is 0.901. The van der Waals surface area contributed by atoms with Crippen molar-refractivity contribution >= 4 is 6.03 Å². The molecule has 2 amide bonds. The highest BCUT2D eigenvalue weighted by Crippen LogP contribution is 1.94. The highest BCUT2D eigenvalue weighted by molar-refractivity contribution is 5.73. The molecule has 0 bridgehead atoms. The number of aliphatic hydroxyl groups is 1. The molecule has 0 fully saturated rings. The Bertz CT molecular complexity index is 148. The molecule has 0 aromatic carbocycles. The predicted molar refractivity (Wildman–Crippen MR) is 48.0 cm³/mol. The Morgan fingerprint density at radius 2 is 1.92 bits per heavy atom. The van der Waals surface area contributed by atoms with Crippen molar-refractivity contribution in [3.8, 4) is 0 Å². The summed E-state index contributed by atoms with van der Waals surface area (Å²) in [6.45, 7) is 4.63. The van der Waals surface area contributed by atoms with E-state index >= 15 is 0 Å². The van der Waals surface area contributed by atoms with Gasteiger partial charge in [-0.1, -0.05) is 0 Å². The molecule has 0 aliphatic rings. The molecule has 4 nitrogen and oxygen atoms in total. The lowest BCUT2D eigenvalue weighted by atomic mass is 10.4. The largest absolute Gasteiger partial charge is 0.392 e. The fourth-order valence-corrected chi connectivity index (χ4v) is 0.901. The molecule has 0 spiro atoms. The van der Waals surface area contributed by atoms with Crippen LogP contribution in [0, 0.1) is 0 Å². The summed E-state index contributed by atoms with van der Waals surface area (Å²) in [6.07, 6.45) is -0.468. The summed E-state index contributed by atoms with van der Waals surface area (Å²) in [5, 5.41) is 9.01. The van der Waals surface area contributed by atoms with E-state index in [9.17, 15) is 4.79 Å². The van der Waals surface area contributed by atoms with E-state index in [1.54, 1.807) is 25.9 Å². The van der Waals surface area contributed by atoms with Crippen molar-refractivity contribution in [3.05, 3.63) is 0 Å². The van der Waals surface area contributed by atoms with Crippen LogP contribution in [0.25, 0.3) is 0 Å². The summed E-state index contributed by atoms with van der Waals surface area (Å²) in [6, 6.07) is -0.0570. The number of nitrogens with zero attached hydrogens (tertiary/aromatic N) is 2. The minimum absolute atomic E-state index is 0.0570. The van der Waals surface area contributed by atoms with E-state index in [1.807, 2.05) is 6.92 Å². The highest BCUT2D eigenvalue weighted by Gasteiger charge is 2.13. The van der Waals surface area contributed by atoms with Crippen LogP contribution in [0.15, 0.2) is 0 Å². The fraction of sp³-hybridized carbons (Fsp3) is 0.875. The first-order valence-corrected chi connectivity index (χ1v) is 4.13. The maximum atomic E-state index is 11.4. The Kier molecular flexibility index (Phi) is 4.66. The third-order valence-corrected chi connectivity index (χ3v) is 1.67. The van der Waals surface area contributed by atoms with Crippen molar-refractivity contribution in [1.82, 2.24) is 9.80 Å². The summed E-state index contributed by atoms with van der Waals surface area (Å²) < 4.78 is 0. The number of carbonyl (C=O) groups excluding carboxylic acids is 1. The molecule has 4 heteroatoms. The Balaban J connectivity index is 3.92. The SMILES string of the molecule is CCN(C)C(=O)N(C)CC(C)O. The zero-order valence-electron chi connectivity index (χ0n) is 8.24. The molecule has 0 heterocycles. The maximum absolute atomic E-state index is 11.4. The van der Waals surface area contributed by atoms with E-state index in [0.717, 1.165) is 0 Å². The normalized spacial score (nSPS) is 12.4. The summed E-state index contributed by atoms with van der Waals surface area (Å²) in [5.74, 6) is 0. The van der Waals surface area contributed by atoms with Crippen molar-refractivity contribution in [2.45, 2.75) is 20.0 Å². The molecule has 0 aromatic rings. The molecule has 72 valence electrons. The van der Waals surface area contributed by atoms with Crippen molar-refractivity contribution in [2.24, 2.45) is 0 Å². The van der Waals surface area contributed by atoms with Crippen molar-refractivity contribution < 1.29 is 9.90 Å². The number of likely N-dealkylation sites (N-methyl/N-ethyl adjacent to an activating group) is 1. The smallest absolute Gasteiger partial charge is 0.319 e. The second kappa shape index (κ2) is 4.98. The molecule has 0 aliphatic carbocycles. The van der Waals surface area contributed by atoms with Crippen LogP contribution in [0.5, 0.6) is 0 Å². The van der Waals surface area contributed by atoms with E-state index in [-0.39, 0.29) is 6.03 Å². The summed E-state index contributed by atoms with van der Waals surface area (Å²) in [5.41, 5.74) is 0. The van der Waals surface area contributed by atoms with Gasteiger partial charge in [-0.25, -0.2) is 4.79 Å². The van der Waals surface area contributed by atoms with Gasteiger partial charge in [-0.05, 0) is 13.8 Å². The van der Waals surface area contributed by atoms with E-state index in [1.165, 1.54) is 4.90 Å². The molecule has 0 saturated heterocycles. The van der Waals surface area contributed by atoms with Gasteiger partial charge in [0, 0.05) is 27.2 Å². The third kappa shape index (κ3) is 3.57. The minimum Gasteiger partial charge on any atom is -0.392 e. The van der Waals surface area contributed by atoms with Gasteiger partial charge in [0.1, 0.15) is 0 Å². The van der Waals surface area contributed by atoms with Crippen LogP contribution in [0.1, 0.15) is 13.8 Å². The van der Waals surface area contributed by atoms with Crippen LogP contribution in [0.3, 0.4) is 0 Å². The standard InChI is InChI=1S/C8H18N2O2/c1-5-9(3)8(12)10(4)6-7(2)11/h7,11H,5-6H2,1-4H3. The van der Waals surface area contributed by atoms with Gasteiger partial charge in [0.15, 0.2) is 0 Å². The molecule has 0 aliphatic heterocycles. The molecule has 1 unspecified atom stereocenters. The Morgan fingerprint density at radius 1 is 1.42 bits per heavy atom.